The monoisotopic (exact) mass is 344 g/mol. The van der Waals surface area contributed by atoms with Gasteiger partial charge in [0.1, 0.15) is 5.82 Å². The van der Waals surface area contributed by atoms with Crippen LogP contribution in [0.15, 0.2) is 42.9 Å². The first-order chi connectivity index (χ1) is 12.2. The Morgan fingerprint density at radius 2 is 2.00 bits per heavy atom. The Morgan fingerprint density at radius 1 is 1.24 bits per heavy atom. The summed E-state index contributed by atoms with van der Waals surface area (Å²) in [6.45, 7) is 2.67. The number of amides is 1. The number of carbonyl (C=O) groups is 1. The Kier molecular flexibility index (Phi) is 5.90. The van der Waals surface area contributed by atoms with Crippen molar-refractivity contribution in [2.24, 2.45) is 5.92 Å². The molecule has 0 aliphatic carbocycles. The Morgan fingerprint density at radius 3 is 2.68 bits per heavy atom. The van der Waals surface area contributed by atoms with E-state index < -0.39 is 0 Å². The van der Waals surface area contributed by atoms with Crippen molar-refractivity contribution in [3.8, 4) is 5.88 Å². The molecular weight excluding hydrogens is 323 g/mol. The second-order valence-electron chi connectivity index (χ2n) is 6.13. The van der Waals surface area contributed by atoms with Gasteiger partial charge in [0.15, 0.2) is 0 Å². The molecule has 1 fully saturated rings. The van der Waals surface area contributed by atoms with Crippen molar-refractivity contribution in [2.75, 3.05) is 31.6 Å². The lowest BCUT2D eigenvalue weighted by atomic mass is 9.98. The maximum absolute atomic E-state index is 12.9. The van der Waals surface area contributed by atoms with Crippen LogP contribution < -0.4 is 10.1 Å². The van der Waals surface area contributed by atoms with Gasteiger partial charge in [-0.05, 0) is 56.1 Å². The minimum absolute atomic E-state index is 0.0825. The Balaban J connectivity index is 1.37. The van der Waals surface area contributed by atoms with Gasteiger partial charge in [-0.15, -0.1) is 0 Å². The number of piperidine rings is 1. The molecule has 2 heterocycles. The number of benzene rings is 1. The van der Waals surface area contributed by atoms with E-state index in [1.54, 1.807) is 30.7 Å². The molecule has 7 heteroatoms. The highest BCUT2D eigenvalue weighted by Gasteiger charge is 2.21. The zero-order chi connectivity index (χ0) is 17.5. The third kappa shape index (κ3) is 5.49. The molecule has 0 bridgehead atoms. The molecule has 1 amide bonds. The molecule has 1 aliphatic rings. The van der Waals surface area contributed by atoms with Crippen molar-refractivity contribution in [1.29, 1.82) is 0 Å². The molecule has 2 aromatic rings. The van der Waals surface area contributed by atoms with Crippen LogP contribution in [0.2, 0.25) is 0 Å². The largest absolute Gasteiger partial charge is 0.476 e. The predicted octanol–water partition coefficient (Wildman–Crippen LogP) is 2.35. The normalized spacial score (nSPS) is 15.7. The first-order valence-corrected chi connectivity index (χ1v) is 8.35. The van der Waals surface area contributed by atoms with Crippen molar-refractivity contribution in [1.82, 2.24) is 14.9 Å². The lowest BCUT2D eigenvalue weighted by molar-refractivity contribution is -0.117. The fourth-order valence-electron chi connectivity index (χ4n) is 2.81. The zero-order valence-corrected chi connectivity index (χ0v) is 13.9. The Labute approximate surface area is 146 Å². The summed E-state index contributed by atoms with van der Waals surface area (Å²) in [5.74, 6) is 0.603. The number of nitrogens with one attached hydrogen (secondary N) is 1. The molecule has 0 atom stereocenters. The molecule has 1 aromatic heterocycles. The minimum Gasteiger partial charge on any atom is -0.476 e. The number of likely N-dealkylation sites (tertiary alicyclic amines) is 1. The number of rotatable bonds is 6. The maximum Gasteiger partial charge on any atom is 0.238 e. The van der Waals surface area contributed by atoms with Gasteiger partial charge in [-0.25, -0.2) is 9.37 Å². The van der Waals surface area contributed by atoms with E-state index >= 15 is 0 Å². The molecule has 1 N–H and O–H groups in total. The van der Waals surface area contributed by atoms with Crippen LogP contribution >= 0.6 is 0 Å². The molecule has 1 aliphatic heterocycles. The summed E-state index contributed by atoms with van der Waals surface area (Å²) >= 11 is 0. The van der Waals surface area contributed by atoms with Crippen LogP contribution in [0, 0.1) is 11.7 Å². The fraction of sp³-hybridized carbons (Fsp3) is 0.389. The Bertz CT molecular complexity index is 673. The molecule has 0 saturated carbocycles. The summed E-state index contributed by atoms with van der Waals surface area (Å²) < 4.78 is 18.5. The van der Waals surface area contributed by atoms with E-state index in [-0.39, 0.29) is 11.7 Å². The van der Waals surface area contributed by atoms with E-state index in [9.17, 15) is 9.18 Å². The SMILES string of the molecule is O=C(CN1CCC(COc2cnccn2)CC1)Nc1ccc(F)cc1. The van der Waals surface area contributed by atoms with Crippen LogP contribution in [-0.2, 0) is 4.79 Å². The molecule has 25 heavy (non-hydrogen) atoms. The average Bonchev–Trinajstić information content (AvgIpc) is 2.64. The topological polar surface area (TPSA) is 67.4 Å². The van der Waals surface area contributed by atoms with E-state index in [1.165, 1.54) is 12.1 Å². The van der Waals surface area contributed by atoms with Gasteiger partial charge in [-0.2, -0.15) is 0 Å². The van der Waals surface area contributed by atoms with Crippen molar-refractivity contribution in [3.63, 3.8) is 0 Å². The smallest absolute Gasteiger partial charge is 0.238 e. The van der Waals surface area contributed by atoms with Gasteiger partial charge in [0.2, 0.25) is 11.8 Å². The second kappa shape index (κ2) is 8.53. The molecule has 132 valence electrons. The lowest BCUT2D eigenvalue weighted by Gasteiger charge is -2.31. The summed E-state index contributed by atoms with van der Waals surface area (Å²) in [6.07, 6.45) is 6.78. The summed E-state index contributed by atoms with van der Waals surface area (Å²) in [5.41, 5.74) is 0.610. The zero-order valence-electron chi connectivity index (χ0n) is 13.9. The van der Waals surface area contributed by atoms with E-state index in [2.05, 4.69) is 20.2 Å². The number of hydrogen-bond donors (Lipinski definition) is 1. The Hall–Kier alpha value is -2.54. The van der Waals surface area contributed by atoms with Crippen LogP contribution in [0.5, 0.6) is 5.88 Å². The van der Waals surface area contributed by atoms with Crippen LogP contribution in [-0.4, -0.2) is 47.0 Å². The van der Waals surface area contributed by atoms with E-state index in [0.717, 1.165) is 25.9 Å². The molecule has 6 nitrogen and oxygen atoms in total. The van der Waals surface area contributed by atoms with E-state index in [4.69, 9.17) is 4.74 Å². The summed E-state index contributed by atoms with van der Waals surface area (Å²) in [7, 11) is 0. The van der Waals surface area contributed by atoms with Crippen LogP contribution in [0.3, 0.4) is 0 Å². The van der Waals surface area contributed by atoms with Gasteiger partial charge in [-0.3, -0.25) is 14.7 Å². The number of anilines is 1. The molecule has 1 saturated heterocycles. The van der Waals surface area contributed by atoms with Crippen molar-refractivity contribution < 1.29 is 13.9 Å². The molecule has 3 rings (SSSR count). The quantitative estimate of drug-likeness (QED) is 0.871. The summed E-state index contributed by atoms with van der Waals surface area (Å²) in [5, 5.41) is 2.79. The number of ether oxygens (including phenoxy) is 1. The molecular formula is C18H21FN4O2. The van der Waals surface area contributed by atoms with Crippen molar-refractivity contribution in [2.45, 2.75) is 12.8 Å². The highest BCUT2D eigenvalue weighted by Crippen LogP contribution is 2.18. The first-order valence-electron chi connectivity index (χ1n) is 8.35. The number of aromatic nitrogens is 2. The van der Waals surface area contributed by atoms with Gasteiger partial charge < -0.3 is 10.1 Å². The van der Waals surface area contributed by atoms with Gasteiger partial charge in [0.05, 0.1) is 19.3 Å². The van der Waals surface area contributed by atoms with Crippen molar-refractivity contribution in [3.05, 3.63) is 48.7 Å². The van der Waals surface area contributed by atoms with E-state index in [1.807, 2.05) is 0 Å². The van der Waals surface area contributed by atoms with Gasteiger partial charge >= 0.3 is 0 Å². The third-order valence-electron chi connectivity index (χ3n) is 4.21. The summed E-state index contributed by atoms with van der Waals surface area (Å²) in [6, 6.07) is 5.78. The molecule has 1 aromatic carbocycles. The molecule has 0 unspecified atom stereocenters. The van der Waals surface area contributed by atoms with Gasteiger partial charge in [0, 0.05) is 18.1 Å². The number of carbonyl (C=O) groups excluding carboxylic acids is 1. The third-order valence-corrected chi connectivity index (χ3v) is 4.21. The predicted molar refractivity (Wildman–Crippen MR) is 91.7 cm³/mol. The molecule has 0 spiro atoms. The minimum atomic E-state index is -0.316. The first kappa shape index (κ1) is 17.3. The van der Waals surface area contributed by atoms with Crippen LogP contribution in [0.25, 0.3) is 0 Å². The van der Waals surface area contributed by atoms with E-state index in [0.29, 0.717) is 30.6 Å². The standard InChI is InChI=1S/C18H21FN4O2/c19-15-1-3-16(4-2-15)22-17(24)12-23-9-5-14(6-10-23)13-25-18-11-20-7-8-21-18/h1-4,7-8,11,14H,5-6,9-10,12-13H2,(H,22,24). The van der Waals surface area contributed by atoms with Crippen LogP contribution in [0.1, 0.15) is 12.8 Å². The number of hydrogen-bond acceptors (Lipinski definition) is 5. The number of halogens is 1. The maximum atomic E-state index is 12.9. The summed E-state index contributed by atoms with van der Waals surface area (Å²) in [4.78, 5) is 22.3. The lowest BCUT2D eigenvalue weighted by Crippen LogP contribution is -2.40. The highest BCUT2D eigenvalue weighted by atomic mass is 19.1. The van der Waals surface area contributed by atoms with Crippen LogP contribution in [0.4, 0.5) is 10.1 Å². The number of nitrogens with zero attached hydrogens (tertiary/aromatic N) is 3. The van der Waals surface area contributed by atoms with Gasteiger partial charge in [0.25, 0.3) is 0 Å². The fourth-order valence-corrected chi connectivity index (χ4v) is 2.81. The second-order valence-corrected chi connectivity index (χ2v) is 6.13. The average molecular weight is 344 g/mol. The molecule has 0 radical (unpaired) electrons. The highest BCUT2D eigenvalue weighted by molar-refractivity contribution is 5.92. The van der Waals surface area contributed by atoms with Crippen molar-refractivity contribution >= 4 is 11.6 Å². The van der Waals surface area contributed by atoms with Gasteiger partial charge in [-0.1, -0.05) is 0 Å².